The molecule has 1 aliphatic carbocycles. The fraction of sp³-hybridized carbons (Fsp3) is 0.263. The van der Waals surface area contributed by atoms with Crippen LogP contribution in [0.15, 0.2) is 47.0 Å². The molecule has 5 rings (SSSR count). The van der Waals surface area contributed by atoms with Gasteiger partial charge >= 0.3 is 0 Å². The van der Waals surface area contributed by atoms with Crippen molar-refractivity contribution in [1.82, 2.24) is 0 Å². The van der Waals surface area contributed by atoms with Crippen LogP contribution >= 0.6 is 15.9 Å². The fourth-order valence-corrected chi connectivity index (χ4v) is 4.63. The van der Waals surface area contributed by atoms with E-state index in [9.17, 15) is 4.39 Å². The number of nitrogens with one attached hydrogen (secondary N) is 1. The fourth-order valence-electron chi connectivity index (χ4n) is 4.06. The standard InChI is InChI=1S/C19H15BrFNO2/c20-14-8-17-16(23-9-24-17)7-13(14)18-11-4-1-3-10(11)12-5-2-6-15(21)19(12)22-18/h1-3,5-8,10-11,18,22H,4,9H2/t10-,11-,18+/m0/s1. The lowest BCUT2D eigenvalue weighted by Gasteiger charge is -2.38. The lowest BCUT2D eigenvalue weighted by molar-refractivity contribution is 0.174. The smallest absolute Gasteiger partial charge is 0.231 e. The highest BCUT2D eigenvalue weighted by Gasteiger charge is 2.40. The molecular formula is C19H15BrFNO2. The van der Waals surface area contributed by atoms with Crippen LogP contribution < -0.4 is 14.8 Å². The Labute approximate surface area is 147 Å². The Bertz CT molecular complexity index is 867. The number of fused-ring (bicyclic) bond motifs is 4. The Morgan fingerprint density at radius 3 is 2.83 bits per heavy atom. The van der Waals surface area contributed by atoms with Gasteiger partial charge in [0.15, 0.2) is 11.5 Å². The minimum Gasteiger partial charge on any atom is -0.454 e. The first kappa shape index (κ1) is 14.3. The molecule has 0 saturated heterocycles. The van der Waals surface area contributed by atoms with E-state index in [1.54, 1.807) is 6.07 Å². The predicted octanol–water partition coefficient (Wildman–Crippen LogP) is 5.14. The van der Waals surface area contributed by atoms with Gasteiger partial charge in [-0.25, -0.2) is 4.39 Å². The van der Waals surface area contributed by atoms with E-state index in [-0.39, 0.29) is 24.6 Å². The van der Waals surface area contributed by atoms with Crippen LogP contribution in [0, 0.1) is 11.7 Å². The number of halogens is 2. The van der Waals surface area contributed by atoms with Gasteiger partial charge in [-0.1, -0.05) is 40.2 Å². The Balaban J connectivity index is 1.64. The van der Waals surface area contributed by atoms with E-state index in [0.717, 1.165) is 33.5 Å². The van der Waals surface area contributed by atoms with Crippen LogP contribution in [-0.4, -0.2) is 6.79 Å². The average molecular weight is 388 g/mol. The van der Waals surface area contributed by atoms with Crippen molar-refractivity contribution in [2.24, 2.45) is 5.92 Å². The summed E-state index contributed by atoms with van der Waals surface area (Å²) in [5.74, 6) is 1.88. The third-order valence-electron chi connectivity index (χ3n) is 5.17. The van der Waals surface area contributed by atoms with Gasteiger partial charge in [0.25, 0.3) is 0 Å². The van der Waals surface area contributed by atoms with Crippen molar-refractivity contribution in [1.29, 1.82) is 0 Å². The normalized spacial score (nSPS) is 26.0. The van der Waals surface area contributed by atoms with Crippen LogP contribution in [0.25, 0.3) is 0 Å². The van der Waals surface area contributed by atoms with Gasteiger partial charge in [-0.05, 0) is 41.7 Å². The summed E-state index contributed by atoms with van der Waals surface area (Å²) >= 11 is 3.65. The van der Waals surface area contributed by atoms with E-state index in [4.69, 9.17) is 9.47 Å². The molecule has 0 saturated carbocycles. The summed E-state index contributed by atoms with van der Waals surface area (Å²) in [6.45, 7) is 0.244. The van der Waals surface area contributed by atoms with Gasteiger partial charge in [-0.3, -0.25) is 0 Å². The van der Waals surface area contributed by atoms with Crippen LogP contribution in [0.5, 0.6) is 11.5 Å². The quantitative estimate of drug-likeness (QED) is 0.686. The van der Waals surface area contributed by atoms with Gasteiger partial charge in [0.05, 0.1) is 11.7 Å². The zero-order valence-electron chi connectivity index (χ0n) is 12.8. The molecule has 0 bridgehead atoms. The van der Waals surface area contributed by atoms with E-state index in [0.29, 0.717) is 11.6 Å². The summed E-state index contributed by atoms with van der Waals surface area (Å²) in [5.41, 5.74) is 2.73. The molecule has 2 heterocycles. The van der Waals surface area contributed by atoms with Crippen molar-refractivity contribution in [3.8, 4) is 11.5 Å². The average Bonchev–Trinajstić information content (AvgIpc) is 3.22. The molecule has 0 aromatic heterocycles. The van der Waals surface area contributed by atoms with Crippen LogP contribution in [0.4, 0.5) is 10.1 Å². The lowest BCUT2D eigenvalue weighted by atomic mass is 9.77. The van der Waals surface area contributed by atoms with E-state index in [1.165, 1.54) is 6.07 Å². The molecule has 2 aliphatic heterocycles. The van der Waals surface area contributed by atoms with E-state index >= 15 is 0 Å². The molecule has 1 N–H and O–H groups in total. The van der Waals surface area contributed by atoms with Gasteiger partial charge in [0.1, 0.15) is 5.82 Å². The number of para-hydroxylation sites is 1. The predicted molar refractivity (Wildman–Crippen MR) is 93.0 cm³/mol. The van der Waals surface area contributed by atoms with E-state index in [2.05, 4.69) is 33.4 Å². The Hall–Kier alpha value is -2.01. The lowest BCUT2D eigenvalue weighted by Crippen LogP contribution is -2.30. The number of benzene rings is 2. The van der Waals surface area contributed by atoms with E-state index in [1.807, 2.05) is 18.2 Å². The molecule has 3 aliphatic rings. The van der Waals surface area contributed by atoms with Crippen molar-refractivity contribution in [3.05, 3.63) is 63.9 Å². The molecule has 0 amide bonds. The molecule has 24 heavy (non-hydrogen) atoms. The summed E-state index contributed by atoms with van der Waals surface area (Å²) in [5, 5.41) is 3.44. The molecule has 5 heteroatoms. The van der Waals surface area contributed by atoms with Crippen LogP contribution in [-0.2, 0) is 0 Å². The first-order chi connectivity index (χ1) is 11.7. The number of rotatable bonds is 1. The molecule has 2 aromatic rings. The molecule has 0 unspecified atom stereocenters. The van der Waals surface area contributed by atoms with E-state index < -0.39 is 0 Å². The molecule has 0 fully saturated rings. The molecule has 0 radical (unpaired) electrons. The highest BCUT2D eigenvalue weighted by atomic mass is 79.9. The highest BCUT2D eigenvalue weighted by molar-refractivity contribution is 9.10. The van der Waals surface area contributed by atoms with Gasteiger partial charge in [-0.2, -0.15) is 0 Å². The number of ether oxygens (including phenoxy) is 2. The van der Waals surface area contributed by atoms with Gasteiger partial charge < -0.3 is 14.8 Å². The summed E-state index contributed by atoms with van der Waals surface area (Å²) < 4.78 is 26.3. The molecule has 2 aromatic carbocycles. The second-order valence-corrected chi connectivity index (χ2v) is 7.26. The number of hydrogen-bond acceptors (Lipinski definition) is 3. The van der Waals surface area contributed by atoms with Crippen molar-refractivity contribution in [2.75, 3.05) is 12.1 Å². The maximum atomic E-state index is 14.4. The minimum atomic E-state index is -0.201. The summed E-state index contributed by atoms with van der Waals surface area (Å²) in [7, 11) is 0. The first-order valence-electron chi connectivity index (χ1n) is 8.03. The highest BCUT2D eigenvalue weighted by Crippen LogP contribution is 2.52. The van der Waals surface area contributed by atoms with Crippen LogP contribution in [0.1, 0.15) is 29.5 Å². The number of allylic oxidation sites excluding steroid dienone is 2. The summed E-state index contributed by atoms with van der Waals surface area (Å²) in [6.07, 6.45) is 5.38. The zero-order chi connectivity index (χ0) is 16.3. The second-order valence-electron chi connectivity index (χ2n) is 6.41. The molecule has 3 nitrogen and oxygen atoms in total. The Morgan fingerprint density at radius 2 is 1.96 bits per heavy atom. The van der Waals surface area contributed by atoms with Gasteiger partial charge in [0, 0.05) is 10.4 Å². The second kappa shape index (κ2) is 5.24. The summed E-state index contributed by atoms with van der Waals surface area (Å²) in [6, 6.07) is 9.27. The van der Waals surface area contributed by atoms with Crippen molar-refractivity contribution in [3.63, 3.8) is 0 Å². The first-order valence-corrected chi connectivity index (χ1v) is 8.82. The topological polar surface area (TPSA) is 30.5 Å². The minimum absolute atomic E-state index is 0.0123. The van der Waals surface area contributed by atoms with Crippen molar-refractivity contribution in [2.45, 2.75) is 18.4 Å². The molecule has 3 atom stereocenters. The van der Waals surface area contributed by atoms with Gasteiger partial charge in [0.2, 0.25) is 6.79 Å². The zero-order valence-corrected chi connectivity index (χ0v) is 14.3. The van der Waals surface area contributed by atoms with Crippen LogP contribution in [0.2, 0.25) is 0 Å². The Kier molecular flexibility index (Phi) is 3.13. The maximum absolute atomic E-state index is 14.4. The Morgan fingerprint density at radius 1 is 1.12 bits per heavy atom. The molecule has 0 spiro atoms. The van der Waals surface area contributed by atoms with Crippen molar-refractivity contribution >= 4 is 21.6 Å². The van der Waals surface area contributed by atoms with Gasteiger partial charge in [-0.15, -0.1) is 0 Å². The summed E-state index contributed by atoms with van der Waals surface area (Å²) in [4.78, 5) is 0. The number of hydrogen-bond donors (Lipinski definition) is 1. The third-order valence-corrected chi connectivity index (χ3v) is 5.86. The molecule has 122 valence electrons. The maximum Gasteiger partial charge on any atom is 0.231 e. The largest absolute Gasteiger partial charge is 0.454 e. The van der Waals surface area contributed by atoms with Crippen LogP contribution in [0.3, 0.4) is 0 Å². The van der Waals surface area contributed by atoms with Crippen molar-refractivity contribution < 1.29 is 13.9 Å². The molecular weight excluding hydrogens is 373 g/mol. The monoisotopic (exact) mass is 387 g/mol. The SMILES string of the molecule is Fc1cccc2c1N[C@@H](c1cc3c(cc1Br)OCO3)[C@H]1CC=C[C@H]21. The number of anilines is 1. The third kappa shape index (κ3) is 2.00.